The second kappa shape index (κ2) is 5.65. The van der Waals surface area contributed by atoms with Crippen molar-refractivity contribution in [2.75, 3.05) is 5.32 Å². The van der Waals surface area contributed by atoms with Gasteiger partial charge in [-0.3, -0.25) is 0 Å². The molecule has 0 aliphatic rings. The van der Waals surface area contributed by atoms with Crippen molar-refractivity contribution < 1.29 is 9.90 Å². The van der Waals surface area contributed by atoms with E-state index in [9.17, 15) is 4.79 Å². The highest BCUT2D eigenvalue weighted by atomic mass is 127. The van der Waals surface area contributed by atoms with Gasteiger partial charge < -0.3 is 10.4 Å². The maximum atomic E-state index is 11.2. The predicted octanol–water partition coefficient (Wildman–Crippen LogP) is 3.68. The molecule has 2 N–H and O–H groups in total. The van der Waals surface area contributed by atoms with Crippen LogP contribution in [-0.4, -0.2) is 21.0 Å². The van der Waals surface area contributed by atoms with Gasteiger partial charge in [0.15, 0.2) is 0 Å². The number of aromatic carboxylic acids is 1. The van der Waals surface area contributed by atoms with Crippen molar-refractivity contribution in [2.24, 2.45) is 0 Å². The van der Waals surface area contributed by atoms with Gasteiger partial charge in [-0.2, -0.15) is 0 Å². The number of anilines is 2. The Bertz CT molecular complexity index is 836. The molecule has 3 aromatic rings. The van der Waals surface area contributed by atoms with Crippen LogP contribution in [0.15, 0.2) is 48.5 Å². The number of halogens is 1. The lowest BCUT2D eigenvalue weighted by Gasteiger charge is -2.10. The third-order valence-electron chi connectivity index (χ3n) is 2.92. The van der Waals surface area contributed by atoms with Crippen LogP contribution in [0, 0.1) is 3.57 Å². The number of hydrogen-bond acceptors (Lipinski definition) is 4. The molecule has 0 aliphatic heterocycles. The Labute approximate surface area is 134 Å². The molecular weight excluding hydrogens is 381 g/mol. The summed E-state index contributed by atoms with van der Waals surface area (Å²) in [6.07, 6.45) is 0. The van der Waals surface area contributed by atoms with Crippen LogP contribution in [-0.2, 0) is 0 Å². The van der Waals surface area contributed by atoms with E-state index in [1.54, 1.807) is 6.07 Å². The van der Waals surface area contributed by atoms with Crippen molar-refractivity contribution in [3.05, 3.63) is 57.9 Å². The van der Waals surface area contributed by atoms with Crippen LogP contribution in [0.1, 0.15) is 10.6 Å². The standard InChI is InChI=1S/C15H10IN3O2/c16-10-6-2-4-8-12(10)18-13-9-5-1-3-7-11(9)17-14(19-13)15(20)21/h1-8H,(H,20,21)(H,17,18,19). The van der Waals surface area contributed by atoms with E-state index in [-0.39, 0.29) is 5.82 Å². The number of benzene rings is 2. The zero-order valence-corrected chi connectivity index (χ0v) is 12.9. The first-order valence-electron chi connectivity index (χ1n) is 6.17. The molecule has 104 valence electrons. The molecule has 0 fully saturated rings. The molecule has 0 unspecified atom stereocenters. The average molecular weight is 391 g/mol. The summed E-state index contributed by atoms with van der Waals surface area (Å²) in [5.74, 6) is -0.879. The second-order valence-electron chi connectivity index (χ2n) is 4.32. The fraction of sp³-hybridized carbons (Fsp3) is 0. The second-order valence-corrected chi connectivity index (χ2v) is 5.49. The third-order valence-corrected chi connectivity index (χ3v) is 3.86. The Morgan fingerprint density at radius 2 is 1.76 bits per heavy atom. The van der Waals surface area contributed by atoms with Crippen molar-refractivity contribution in [1.82, 2.24) is 9.97 Å². The van der Waals surface area contributed by atoms with Gasteiger partial charge in [-0.1, -0.05) is 24.3 Å². The number of fused-ring (bicyclic) bond motifs is 1. The molecule has 0 bridgehead atoms. The molecular formula is C15H10IN3O2. The van der Waals surface area contributed by atoms with Crippen molar-refractivity contribution >= 4 is 51.0 Å². The predicted molar refractivity (Wildman–Crippen MR) is 88.9 cm³/mol. The minimum absolute atomic E-state index is 0.220. The Morgan fingerprint density at radius 3 is 2.52 bits per heavy atom. The Balaban J connectivity index is 2.16. The largest absolute Gasteiger partial charge is 0.475 e. The van der Waals surface area contributed by atoms with Gasteiger partial charge in [0.1, 0.15) is 5.82 Å². The monoisotopic (exact) mass is 391 g/mol. The van der Waals surface area contributed by atoms with Crippen LogP contribution in [0.2, 0.25) is 0 Å². The number of carboxylic acids is 1. The molecule has 2 aromatic carbocycles. The SMILES string of the molecule is O=C(O)c1nc(Nc2ccccc2I)c2ccccc2n1. The van der Waals surface area contributed by atoms with Gasteiger partial charge in [0, 0.05) is 8.96 Å². The minimum atomic E-state index is -1.15. The third kappa shape index (κ3) is 2.80. The molecule has 21 heavy (non-hydrogen) atoms. The van der Waals surface area contributed by atoms with Crippen LogP contribution in [0.4, 0.5) is 11.5 Å². The molecule has 0 saturated carbocycles. The normalized spacial score (nSPS) is 10.5. The van der Waals surface area contributed by atoms with Crippen molar-refractivity contribution in [3.8, 4) is 0 Å². The Kier molecular flexibility index (Phi) is 3.70. The number of carboxylic acid groups (broad SMARTS) is 1. The topological polar surface area (TPSA) is 75.1 Å². The fourth-order valence-electron chi connectivity index (χ4n) is 1.96. The molecule has 3 rings (SSSR count). The first-order chi connectivity index (χ1) is 10.1. The van der Waals surface area contributed by atoms with Crippen LogP contribution in [0.5, 0.6) is 0 Å². The number of rotatable bonds is 3. The van der Waals surface area contributed by atoms with Crippen molar-refractivity contribution in [1.29, 1.82) is 0 Å². The summed E-state index contributed by atoms with van der Waals surface area (Å²) in [6.45, 7) is 0. The average Bonchev–Trinajstić information content (AvgIpc) is 2.49. The van der Waals surface area contributed by atoms with Gasteiger partial charge in [0.25, 0.3) is 0 Å². The molecule has 0 spiro atoms. The summed E-state index contributed by atoms with van der Waals surface area (Å²) in [5.41, 5.74) is 1.47. The molecule has 0 atom stereocenters. The maximum Gasteiger partial charge on any atom is 0.374 e. The lowest BCUT2D eigenvalue weighted by atomic mass is 10.2. The van der Waals surface area contributed by atoms with Crippen LogP contribution in [0.25, 0.3) is 10.9 Å². The van der Waals surface area contributed by atoms with Crippen LogP contribution < -0.4 is 5.32 Å². The summed E-state index contributed by atoms with van der Waals surface area (Å²) < 4.78 is 1.02. The Hall–Kier alpha value is -2.22. The summed E-state index contributed by atoms with van der Waals surface area (Å²) in [6, 6.07) is 15.0. The Morgan fingerprint density at radius 1 is 1.05 bits per heavy atom. The molecule has 5 nitrogen and oxygen atoms in total. The lowest BCUT2D eigenvalue weighted by molar-refractivity contribution is 0.0684. The molecule has 0 aliphatic carbocycles. The summed E-state index contributed by atoms with van der Waals surface area (Å²) in [5, 5.41) is 13.1. The highest BCUT2D eigenvalue weighted by molar-refractivity contribution is 14.1. The molecule has 1 aromatic heterocycles. The van der Waals surface area contributed by atoms with Crippen LogP contribution in [0.3, 0.4) is 0 Å². The number of carbonyl (C=O) groups is 1. The van der Waals surface area contributed by atoms with E-state index in [1.807, 2.05) is 42.5 Å². The van der Waals surface area contributed by atoms with E-state index in [2.05, 4.69) is 37.9 Å². The summed E-state index contributed by atoms with van der Waals surface area (Å²) in [7, 11) is 0. The summed E-state index contributed by atoms with van der Waals surface area (Å²) >= 11 is 2.21. The molecule has 0 saturated heterocycles. The number of aromatic nitrogens is 2. The van der Waals surface area contributed by atoms with E-state index < -0.39 is 5.97 Å². The number of nitrogens with one attached hydrogen (secondary N) is 1. The molecule has 0 radical (unpaired) electrons. The number of para-hydroxylation sites is 2. The van der Waals surface area contributed by atoms with Gasteiger partial charge in [-0.05, 0) is 46.9 Å². The number of hydrogen-bond donors (Lipinski definition) is 2. The van der Waals surface area contributed by atoms with Gasteiger partial charge >= 0.3 is 5.97 Å². The molecule has 1 heterocycles. The molecule has 0 amide bonds. The minimum Gasteiger partial charge on any atom is -0.475 e. The highest BCUT2D eigenvalue weighted by Gasteiger charge is 2.13. The maximum absolute atomic E-state index is 11.2. The van der Waals surface area contributed by atoms with Gasteiger partial charge in [-0.25, -0.2) is 14.8 Å². The smallest absolute Gasteiger partial charge is 0.374 e. The van der Waals surface area contributed by atoms with E-state index in [0.29, 0.717) is 11.3 Å². The van der Waals surface area contributed by atoms with Gasteiger partial charge in [0.05, 0.1) is 11.2 Å². The number of nitrogens with zero attached hydrogens (tertiary/aromatic N) is 2. The van der Waals surface area contributed by atoms with E-state index in [4.69, 9.17) is 5.11 Å². The van der Waals surface area contributed by atoms with Crippen LogP contribution >= 0.6 is 22.6 Å². The first kappa shape index (κ1) is 13.7. The van der Waals surface area contributed by atoms with E-state index >= 15 is 0 Å². The van der Waals surface area contributed by atoms with Gasteiger partial charge in [0.2, 0.25) is 5.82 Å². The van der Waals surface area contributed by atoms with E-state index in [1.165, 1.54) is 0 Å². The van der Waals surface area contributed by atoms with E-state index in [0.717, 1.165) is 14.6 Å². The summed E-state index contributed by atoms with van der Waals surface area (Å²) in [4.78, 5) is 19.3. The van der Waals surface area contributed by atoms with Crippen molar-refractivity contribution in [3.63, 3.8) is 0 Å². The quantitative estimate of drug-likeness (QED) is 0.667. The fourth-order valence-corrected chi connectivity index (χ4v) is 2.48. The zero-order valence-electron chi connectivity index (χ0n) is 10.7. The zero-order chi connectivity index (χ0) is 14.8. The molecule has 6 heteroatoms. The first-order valence-corrected chi connectivity index (χ1v) is 7.24. The van der Waals surface area contributed by atoms with Crippen molar-refractivity contribution in [2.45, 2.75) is 0 Å². The highest BCUT2D eigenvalue weighted by Crippen LogP contribution is 2.26. The van der Waals surface area contributed by atoms with Gasteiger partial charge in [-0.15, -0.1) is 0 Å². The lowest BCUT2D eigenvalue weighted by Crippen LogP contribution is -2.07.